The van der Waals surface area contributed by atoms with Crippen LogP contribution in [0.5, 0.6) is 0 Å². The first kappa shape index (κ1) is 27.8. The number of hydrogen-bond donors (Lipinski definition) is 0. The molecule has 2 heteroatoms. The second kappa shape index (κ2) is 11.2. The molecular formula is C57H34N2. The summed E-state index contributed by atoms with van der Waals surface area (Å²) >= 11 is 0. The zero-order valence-electron chi connectivity index (χ0n) is 35.7. The van der Waals surface area contributed by atoms with Gasteiger partial charge in [-0.2, -0.15) is 0 Å². The molecule has 2 nitrogen and oxygen atoms in total. The fraction of sp³-hybridized carbons (Fsp3) is 0.0175. The molecule has 0 unspecified atom stereocenters. The summed E-state index contributed by atoms with van der Waals surface area (Å²) in [5.74, 6) is 0. The van der Waals surface area contributed by atoms with Crippen LogP contribution in [-0.2, 0) is 5.41 Å². The Labute approximate surface area is 346 Å². The van der Waals surface area contributed by atoms with Crippen LogP contribution in [0, 0.1) is 0 Å². The van der Waals surface area contributed by atoms with Crippen molar-refractivity contribution in [3.8, 4) is 33.6 Å². The molecule has 0 fully saturated rings. The van der Waals surface area contributed by atoms with Crippen molar-refractivity contribution in [2.45, 2.75) is 5.41 Å². The van der Waals surface area contributed by atoms with Crippen LogP contribution in [0.1, 0.15) is 27.7 Å². The highest BCUT2D eigenvalue weighted by atomic mass is 15.0. The van der Waals surface area contributed by atoms with Crippen LogP contribution in [0.2, 0.25) is 0 Å². The van der Waals surface area contributed by atoms with E-state index in [-0.39, 0.29) is 24.2 Å². The Morgan fingerprint density at radius 1 is 0.373 bits per heavy atom. The Kier molecular flexibility index (Phi) is 5.31. The van der Waals surface area contributed by atoms with Gasteiger partial charge in [-0.1, -0.05) is 164 Å². The van der Waals surface area contributed by atoms with Crippen molar-refractivity contribution < 1.29 is 5.48 Å². The fourth-order valence-corrected chi connectivity index (χ4v) is 11.2. The average molecular weight is 751 g/mol. The first-order valence-electron chi connectivity index (χ1n) is 22.3. The molecule has 2 aliphatic carbocycles. The SMILES string of the molecule is [2H]c1c([2H])c([2H])c2c(c1[2H])-c1cc(-n3c4ccccc4c4cc5c6c7ccccc7ccc6n(-c6ccccc6)c5cc43)c3ccccc3c1C21c2ccccc2-c2ccccc21. The minimum absolute atomic E-state index is 0.000132. The second-order valence-electron chi connectivity index (χ2n) is 16.0. The highest BCUT2D eigenvalue weighted by Gasteiger charge is 2.52. The summed E-state index contributed by atoms with van der Waals surface area (Å²) in [7, 11) is 0. The molecule has 0 radical (unpaired) electrons. The molecule has 0 atom stereocenters. The van der Waals surface area contributed by atoms with Gasteiger partial charge in [0.05, 0.1) is 38.7 Å². The van der Waals surface area contributed by atoms with E-state index in [0.717, 1.165) is 88.4 Å². The highest BCUT2D eigenvalue weighted by molar-refractivity contribution is 6.25. The molecular weight excluding hydrogens is 713 g/mol. The molecule has 0 bridgehead atoms. The third kappa shape index (κ3) is 3.82. The second-order valence-corrected chi connectivity index (χ2v) is 16.0. The van der Waals surface area contributed by atoms with Crippen molar-refractivity contribution in [1.82, 2.24) is 9.13 Å². The van der Waals surface area contributed by atoms with Gasteiger partial charge in [-0.05, 0) is 103 Å². The van der Waals surface area contributed by atoms with E-state index in [2.05, 4.69) is 191 Å². The van der Waals surface area contributed by atoms with Gasteiger partial charge < -0.3 is 9.13 Å². The maximum atomic E-state index is 9.74. The van der Waals surface area contributed by atoms with Crippen LogP contribution in [0.25, 0.3) is 98.8 Å². The van der Waals surface area contributed by atoms with Gasteiger partial charge >= 0.3 is 0 Å². The summed E-state index contributed by atoms with van der Waals surface area (Å²) in [6.07, 6.45) is 0. The normalized spacial score (nSPS) is 14.5. The van der Waals surface area contributed by atoms with Crippen molar-refractivity contribution in [3.63, 3.8) is 0 Å². The lowest BCUT2D eigenvalue weighted by atomic mass is 9.69. The van der Waals surface area contributed by atoms with Gasteiger partial charge in [0.1, 0.15) is 0 Å². The van der Waals surface area contributed by atoms with Gasteiger partial charge in [-0.15, -0.1) is 0 Å². The molecule has 0 aliphatic heterocycles. The summed E-state index contributed by atoms with van der Waals surface area (Å²) in [5.41, 5.74) is 12.7. The molecule has 2 aliphatic rings. The first-order valence-corrected chi connectivity index (χ1v) is 20.3. The lowest BCUT2D eigenvalue weighted by Crippen LogP contribution is -2.26. The first-order chi connectivity index (χ1) is 31.0. The summed E-state index contributed by atoms with van der Waals surface area (Å²) in [6, 6.07) is 64.3. The Morgan fingerprint density at radius 3 is 1.83 bits per heavy atom. The van der Waals surface area contributed by atoms with Crippen LogP contribution < -0.4 is 0 Å². The molecule has 14 rings (SSSR count). The van der Waals surface area contributed by atoms with Crippen molar-refractivity contribution >= 4 is 65.2 Å². The van der Waals surface area contributed by atoms with Crippen molar-refractivity contribution in [1.29, 1.82) is 0 Å². The molecule has 0 saturated heterocycles. The van der Waals surface area contributed by atoms with Crippen molar-refractivity contribution in [3.05, 3.63) is 228 Å². The molecule has 0 N–H and O–H groups in total. The number of para-hydroxylation sites is 2. The standard InChI is InChI=1S/C57H34N2/c1-2-17-36(18-3-1)58-51-31-30-35-16-4-5-19-37(35)55(51)46-32-44-42-24-11-15-29-50(42)59(53(44)34-54(46)58)52-33-45-40-22-10-14-28-49(40)57(56(45)43-25-7-6-23-41(43)52)47-26-12-8-20-38(47)39-21-9-13-27-48(39)57/h1-34H/i10D,14D,22D,28D. The van der Waals surface area contributed by atoms with Gasteiger partial charge in [0.15, 0.2) is 0 Å². The minimum Gasteiger partial charge on any atom is -0.309 e. The average Bonchev–Trinajstić information content (AvgIpc) is 4.03. The molecule has 272 valence electrons. The summed E-state index contributed by atoms with van der Waals surface area (Å²) in [5, 5.41) is 9.16. The van der Waals surface area contributed by atoms with Gasteiger partial charge in [0.25, 0.3) is 0 Å². The molecule has 0 saturated carbocycles. The number of benzene rings is 10. The van der Waals surface area contributed by atoms with Gasteiger partial charge in [0, 0.05) is 32.6 Å². The zero-order chi connectivity index (χ0) is 41.9. The highest BCUT2D eigenvalue weighted by Crippen LogP contribution is 2.64. The molecule has 0 amide bonds. The third-order valence-electron chi connectivity index (χ3n) is 13.4. The summed E-state index contributed by atoms with van der Waals surface area (Å²) < 4.78 is 42.4. The predicted molar refractivity (Wildman–Crippen MR) is 246 cm³/mol. The van der Waals surface area contributed by atoms with Crippen LogP contribution in [0.3, 0.4) is 0 Å². The topological polar surface area (TPSA) is 9.86 Å². The summed E-state index contributed by atoms with van der Waals surface area (Å²) in [4.78, 5) is 0. The molecule has 1 spiro atoms. The van der Waals surface area contributed by atoms with E-state index in [1.54, 1.807) is 0 Å². The number of aromatic nitrogens is 2. The molecule has 59 heavy (non-hydrogen) atoms. The maximum Gasteiger partial charge on any atom is 0.0731 e. The summed E-state index contributed by atoms with van der Waals surface area (Å²) in [6.45, 7) is 0. The molecule has 12 aromatic rings. The molecule has 2 aromatic heterocycles. The Balaban J connectivity index is 1.18. The van der Waals surface area contributed by atoms with Crippen LogP contribution in [0.4, 0.5) is 0 Å². The third-order valence-corrected chi connectivity index (χ3v) is 13.4. The fourth-order valence-electron chi connectivity index (χ4n) is 11.2. The Hall–Kier alpha value is -7.68. The lowest BCUT2D eigenvalue weighted by Gasteiger charge is -2.31. The number of rotatable bonds is 2. The zero-order valence-corrected chi connectivity index (χ0v) is 31.7. The molecule has 2 heterocycles. The molecule has 10 aromatic carbocycles. The van der Waals surface area contributed by atoms with E-state index >= 15 is 0 Å². The van der Waals surface area contributed by atoms with Crippen molar-refractivity contribution in [2.24, 2.45) is 0 Å². The number of hydrogen-bond acceptors (Lipinski definition) is 0. The van der Waals surface area contributed by atoms with Gasteiger partial charge in [-0.25, -0.2) is 0 Å². The Bertz CT molecular complexity index is 3980. The van der Waals surface area contributed by atoms with E-state index in [0.29, 0.717) is 11.1 Å². The van der Waals surface area contributed by atoms with Crippen LogP contribution in [0.15, 0.2) is 206 Å². The number of fused-ring (bicyclic) bond motifs is 20. The monoisotopic (exact) mass is 750 g/mol. The minimum atomic E-state index is -0.973. The largest absolute Gasteiger partial charge is 0.309 e. The van der Waals surface area contributed by atoms with Crippen molar-refractivity contribution in [2.75, 3.05) is 0 Å². The van der Waals surface area contributed by atoms with Crippen LogP contribution >= 0.6 is 0 Å². The number of nitrogens with zero attached hydrogens (tertiary/aromatic N) is 2. The Morgan fingerprint density at radius 2 is 1.02 bits per heavy atom. The van der Waals surface area contributed by atoms with E-state index in [1.807, 2.05) is 0 Å². The quantitative estimate of drug-likeness (QED) is 0.167. The van der Waals surface area contributed by atoms with Crippen LogP contribution in [-0.4, -0.2) is 9.13 Å². The predicted octanol–water partition coefficient (Wildman–Crippen LogP) is 14.5. The lowest BCUT2D eigenvalue weighted by molar-refractivity contribution is 0.801. The van der Waals surface area contributed by atoms with E-state index < -0.39 is 5.41 Å². The van der Waals surface area contributed by atoms with Gasteiger partial charge in [0.2, 0.25) is 0 Å². The smallest absolute Gasteiger partial charge is 0.0731 e. The maximum absolute atomic E-state index is 9.74. The van der Waals surface area contributed by atoms with Gasteiger partial charge in [-0.3, -0.25) is 0 Å². The van der Waals surface area contributed by atoms with E-state index in [9.17, 15) is 2.74 Å². The van der Waals surface area contributed by atoms with E-state index in [1.165, 1.54) is 21.5 Å². The van der Waals surface area contributed by atoms with E-state index in [4.69, 9.17) is 2.74 Å².